The predicted octanol–water partition coefficient (Wildman–Crippen LogP) is 1.17. The minimum absolute atomic E-state index is 0. The second-order valence-corrected chi connectivity index (χ2v) is 4.64. The Morgan fingerprint density at radius 2 is 2.14 bits per heavy atom. The first-order valence-electron chi connectivity index (χ1n) is 6.67. The molecule has 1 heterocycles. The van der Waals surface area contributed by atoms with Crippen LogP contribution in [0.5, 0.6) is 5.75 Å². The summed E-state index contributed by atoms with van der Waals surface area (Å²) in [6.07, 6.45) is 0.256. The summed E-state index contributed by atoms with van der Waals surface area (Å²) in [5, 5.41) is 8.58. The van der Waals surface area contributed by atoms with Gasteiger partial charge in [0, 0.05) is 6.54 Å². The van der Waals surface area contributed by atoms with Crippen LogP contribution in [0.1, 0.15) is 23.7 Å². The highest BCUT2D eigenvalue weighted by atomic mass is 35.5. The molecule has 0 saturated carbocycles. The van der Waals surface area contributed by atoms with Crippen LogP contribution in [0.3, 0.4) is 0 Å². The fourth-order valence-corrected chi connectivity index (χ4v) is 1.97. The van der Waals surface area contributed by atoms with Crippen molar-refractivity contribution in [1.82, 2.24) is 10.6 Å². The number of carbonyl (C=O) groups is 2. The number of amides is 2. The Bertz CT molecular complexity index is 522. The van der Waals surface area contributed by atoms with Gasteiger partial charge < -0.3 is 20.7 Å². The number of halogens is 1. The molecule has 1 aromatic carbocycles. The Labute approximate surface area is 130 Å². The van der Waals surface area contributed by atoms with Crippen LogP contribution < -0.4 is 20.7 Å². The highest BCUT2D eigenvalue weighted by molar-refractivity contribution is 6.03. The van der Waals surface area contributed by atoms with Gasteiger partial charge in [0.2, 0.25) is 0 Å². The molecule has 1 aromatic rings. The molecule has 0 aromatic heterocycles. The van der Waals surface area contributed by atoms with Crippen molar-refractivity contribution in [2.75, 3.05) is 25.5 Å². The van der Waals surface area contributed by atoms with E-state index in [9.17, 15) is 9.59 Å². The van der Waals surface area contributed by atoms with Crippen LogP contribution in [-0.4, -0.2) is 38.1 Å². The van der Waals surface area contributed by atoms with Crippen molar-refractivity contribution in [1.29, 1.82) is 0 Å². The van der Waals surface area contributed by atoms with Gasteiger partial charge in [-0.25, -0.2) is 0 Å². The van der Waals surface area contributed by atoms with Crippen LogP contribution in [0.25, 0.3) is 0 Å². The molecule has 0 saturated heterocycles. The summed E-state index contributed by atoms with van der Waals surface area (Å²) >= 11 is 0. The predicted molar refractivity (Wildman–Crippen MR) is 83.3 cm³/mol. The summed E-state index contributed by atoms with van der Waals surface area (Å²) in [7, 11) is 1.87. The summed E-state index contributed by atoms with van der Waals surface area (Å²) in [5.74, 6) is 0.0381. The molecule has 7 heteroatoms. The molecule has 0 bridgehead atoms. The number of para-hydroxylation sites is 1. The van der Waals surface area contributed by atoms with E-state index >= 15 is 0 Å². The van der Waals surface area contributed by atoms with Crippen molar-refractivity contribution in [2.24, 2.45) is 0 Å². The SMILES string of the molecule is CNCCCNC(=O)c1cccc2c1OC(C)C(=O)N2.Cl. The van der Waals surface area contributed by atoms with E-state index in [0.29, 0.717) is 23.5 Å². The molecule has 116 valence electrons. The third kappa shape index (κ3) is 4.09. The largest absolute Gasteiger partial charge is 0.478 e. The zero-order valence-electron chi connectivity index (χ0n) is 12.1. The van der Waals surface area contributed by atoms with E-state index in [4.69, 9.17) is 4.74 Å². The Hall–Kier alpha value is -1.79. The van der Waals surface area contributed by atoms with Gasteiger partial charge in [0.25, 0.3) is 11.8 Å². The molecule has 1 atom stereocenters. The first kappa shape index (κ1) is 17.3. The van der Waals surface area contributed by atoms with E-state index in [2.05, 4.69) is 16.0 Å². The van der Waals surface area contributed by atoms with Crippen molar-refractivity contribution in [3.8, 4) is 5.75 Å². The number of anilines is 1. The average Bonchev–Trinajstić information content (AvgIpc) is 2.44. The Kier molecular flexibility index (Phi) is 6.45. The second-order valence-electron chi connectivity index (χ2n) is 4.64. The van der Waals surface area contributed by atoms with Crippen LogP contribution in [0.4, 0.5) is 5.69 Å². The highest BCUT2D eigenvalue weighted by Gasteiger charge is 2.27. The summed E-state index contributed by atoms with van der Waals surface area (Å²) in [6.45, 7) is 3.09. The van der Waals surface area contributed by atoms with Crippen LogP contribution in [0.15, 0.2) is 18.2 Å². The highest BCUT2D eigenvalue weighted by Crippen LogP contribution is 2.33. The van der Waals surface area contributed by atoms with E-state index in [1.165, 1.54) is 0 Å². The lowest BCUT2D eigenvalue weighted by Gasteiger charge is -2.25. The smallest absolute Gasteiger partial charge is 0.265 e. The van der Waals surface area contributed by atoms with Gasteiger partial charge in [0.1, 0.15) is 0 Å². The molecule has 3 N–H and O–H groups in total. The molecular formula is C14H20ClN3O3. The van der Waals surface area contributed by atoms with Crippen LogP contribution in [0, 0.1) is 0 Å². The van der Waals surface area contributed by atoms with E-state index in [0.717, 1.165) is 13.0 Å². The zero-order valence-corrected chi connectivity index (χ0v) is 12.9. The molecule has 1 aliphatic heterocycles. The lowest BCUT2D eigenvalue weighted by atomic mass is 10.1. The molecular weight excluding hydrogens is 294 g/mol. The maximum absolute atomic E-state index is 12.1. The van der Waals surface area contributed by atoms with Crippen molar-refractivity contribution in [3.63, 3.8) is 0 Å². The molecule has 1 unspecified atom stereocenters. The average molecular weight is 314 g/mol. The number of nitrogens with one attached hydrogen (secondary N) is 3. The fourth-order valence-electron chi connectivity index (χ4n) is 1.97. The first-order valence-corrected chi connectivity index (χ1v) is 6.67. The van der Waals surface area contributed by atoms with Crippen molar-refractivity contribution in [2.45, 2.75) is 19.4 Å². The summed E-state index contributed by atoms with van der Waals surface area (Å²) in [4.78, 5) is 23.7. The Morgan fingerprint density at radius 3 is 2.86 bits per heavy atom. The normalized spacial score (nSPS) is 16.1. The van der Waals surface area contributed by atoms with E-state index in [1.54, 1.807) is 25.1 Å². The van der Waals surface area contributed by atoms with E-state index in [-0.39, 0.29) is 24.2 Å². The number of ether oxygens (including phenoxy) is 1. The molecule has 6 nitrogen and oxygen atoms in total. The third-order valence-electron chi connectivity index (χ3n) is 3.07. The minimum Gasteiger partial charge on any atom is -0.478 e. The van der Waals surface area contributed by atoms with Crippen molar-refractivity contribution < 1.29 is 14.3 Å². The van der Waals surface area contributed by atoms with Crippen LogP contribution in [0.2, 0.25) is 0 Å². The molecule has 0 aliphatic carbocycles. The maximum atomic E-state index is 12.1. The topological polar surface area (TPSA) is 79.5 Å². The van der Waals surface area contributed by atoms with Gasteiger partial charge in [-0.15, -0.1) is 12.4 Å². The van der Waals surface area contributed by atoms with E-state index in [1.807, 2.05) is 7.05 Å². The molecule has 1 aliphatic rings. The third-order valence-corrected chi connectivity index (χ3v) is 3.07. The summed E-state index contributed by atoms with van der Waals surface area (Å²) < 4.78 is 5.54. The molecule has 2 rings (SSSR count). The van der Waals surface area contributed by atoms with Gasteiger partial charge in [-0.05, 0) is 39.1 Å². The lowest BCUT2D eigenvalue weighted by molar-refractivity contribution is -0.122. The number of hydrogen-bond acceptors (Lipinski definition) is 4. The van der Waals surface area contributed by atoms with Crippen molar-refractivity contribution in [3.05, 3.63) is 23.8 Å². The quantitative estimate of drug-likeness (QED) is 0.713. The number of fused-ring (bicyclic) bond motifs is 1. The van der Waals surface area contributed by atoms with E-state index < -0.39 is 6.10 Å². The molecule has 2 amide bonds. The maximum Gasteiger partial charge on any atom is 0.265 e. The van der Waals surface area contributed by atoms with Gasteiger partial charge in [-0.3, -0.25) is 9.59 Å². The van der Waals surface area contributed by atoms with Gasteiger partial charge in [0.15, 0.2) is 11.9 Å². The Balaban J connectivity index is 0.00000220. The second kappa shape index (κ2) is 7.85. The number of hydrogen-bond donors (Lipinski definition) is 3. The molecule has 0 spiro atoms. The summed E-state index contributed by atoms with van der Waals surface area (Å²) in [5.41, 5.74) is 0.981. The first-order chi connectivity index (χ1) is 9.63. The number of carbonyl (C=O) groups excluding carboxylic acids is 2. The van der Waals surface area contributed by atoms with Gasteiger partial charge in [-0.2, -0.15) is 0 Å². The zero-order chi connectivity index (χ0) is 14.5. The molecule has 0 fully saturated rings. The minimum atomic E-state index is -0.597. The van der Waals surface area contributed by atoms with Gasteiger partial charge in [0.05, 0.1) is 11.3 Å². The summed E-state index contributed by atoms with van der Waals surface area (Å²) in [6, 6.07) is 5.13. The van der Waals surface area contributed by atoms with Crippen molar-refractivity contribution >= 4 is 29.9 Å². The number of rotatable bonds is 5. The lowest BCUT2D eigenvalue weighted by Crippen LogP contribution is -2.36. The van der Waals surface area contributed by atoms with Gasteiger partial charge >= 0.3 is 0 Å². The fraction of sp³-hybridized carbons (Fsp3) is 0.429. The van der Waals surface area contributed by atoms with Crippen LogP contribution in [-0.2, 0) is 4.79 Å². The monoisotopic (exact) mass is 313 g/mol. The van der Waals surface area contributed by atoms with Crippen LogP contribution >= 0.6 is 12.4 Å². The van der Waals surface area contributed by atoms with Gasteiger partial charge in [-0.1, -0.05) is 6.07 Å². The molecule has 21 heavy (non-hydrogen) atoms. The molecule has 0 radical (unpaired) electrons. The Morgan fingerprint density at radius 1 is 1.38 bits per heavy atom. The number of benzene rings is 1. The standard InChI is InChI=1S/C14H19N3O3.ClH/c1-9-13(18)17-11-6-3-5-10(12(11)20-9)14(19)16-8-4-7-15-2;/h3,5-6,9,15H,4,7-8H2,1-2H3,(H,16,19)(H,17,18);1H.